The molecule has 33 heavy (non-hydrogen) atoms. The number of hydrogen-bond acceptors (Lipinski definition) is 5. The SMILES string of the molecule is CC(C)(C)OC(=O)N[C@@H](CCSCCC(c1ccc(Cl)cc1)C(F)(F)F)C(=O)OC(C)(C)C. The first kappa shape index (κ1) is 29.4. The standard InChI is InChI=1S/C23H33ClF3NO4S/c1-21(2,3)31-19(29)18(28-20(30)32-22(4,5)6)12-14-33-13-11-17(23(25,26)27)15-7-9-16(24)10-8-15/h7-10,17-18H,11-14H2,1-6H3,(H,28,30)/t17?,18-/m0/s1. The van der Waals surface area contributed by atoms with Crippen LogP contribution in [0.1, 0.15) is 65.9 Å². The summed E-state index contributed by atoms with van der Waals surface area (Å²) in [6, 6.07) is 4.68. The lowest BCUT2D eigenvalue weighted by Crippen LogP contribution is -2.46. The minimum Gasteiger partial charge on any atom is -0.458 e. The summed E-state index contributed by atoms with van der Waals surface area (Å²) in [5.41, 5.74) is -1.34. The van der Waals surface area contributed by atoms with E-state index in [0.717, 1.165) is 0 Å². The fraction of sp³-hybridized carbons (Fsp3) is 0.652. The molecule has 0 aliphatic rings. The van der Waals surface area contributed by atoms with Gasteiger partial charge in [0.2, 0.25) is 0 Å². The van der Waals surface area contributed by atoms with E-state index in [2.05, 4.69) is 5.32 Å². The fourth-order valence-electron chi connectivity index (χ4n) is 2.79. The third-order valence-corrected chi connectivity index (χ3v) is 5.45. The minimum atomic E-state index is -4.38. The molecule has 0 saturated carbocycles. The molecule has 0 spiro atoms. The lowest BCUT2D eigenvalue weighted by molar-refractivity contribution is -0.157. The van der Waals surface area contributed by atoms with Gasteiger partial charge >= 0.3 is 18.2 Å². The second-order valence-electron chi connectivity index (χ2n) is 9.57. The van der Waals surface area contributed by atoms with E-state index in [1.807, 2.05) is 0 Å². The average Bonchev–Trinajstić information content (AvgIpc) is 2.60. The van der Waals surface area contributed by atoms with Crippen molar-refractivity contribution in [2.24, 2.45) is 0 Å². The molecule has 1 rings (SSSR count). The van der Waals surface area contributed by atoms with Crippen molar-refractivity contribution in [3.63, 3.8) is 0 Å². The monoisotopic (exact) mass is 511 g/mol. The van der Waals surface area contributed by atoms with Crippen molar-refractivity contribution in [2.75, 3.05) is 11.5 Å². The van der Waals surface area contributed by atoms with Crippen LogP contribution in [0.25, 0.3) is 0 Å². The van der Waals surface area contributed by atoms with Crippen molar-refractivity contribution < 1.29 is 32.2 Å². The lowest BCUT2D eigenvalue weighted by Gasteiger charge is -2.26. The number of ether oxygens (including phenoxy) is 2. The Kier molecular flexibility index (Phi) is 10.9. The number of amides is 1. The summed E-state index contributed by atoms with van der Waals surface area (Å²) in [5, 5.41) is 2.88. The first-order chi connectivity index (χ1) is 15.0. The Morgan fingerprint density at radius 2 is 1.45 bits per heavy atom. The highest BCUT2D eigenvalue weighted by molar-refractivity contribution is 7.99. The molecule has 1 amide bonds. The molecular weight excluding hydrogens is 479 g/mol. The third-order valence-electron chi connectivity index (χ3n) is 4.15. The first-order valence-electron chi connectivity index (χ1n) is 10.6. The Bertz CT molecular complexity index is 774. The Morgan fingerprint density at radius 1 is 0.939 bits per heavy atom. The highest BCUT2D eigenvalue weighted by Crippen LogP contribution is 2.38. The van der Waals surface area contributed by atoms with Gasteiger partial charge in [-0.05, 0) is 83.6 Å². The lowest BCUT2D eigenvalue weighted by atomic mass is 9.96. The summed E-state index contributed by atoms with van der Waals surface area (Å²) in [6.07, 6.45) is -5.07. The van der Waals surface area contributed by atoms with E-state index in [4.69, 9.17) is 21.1 Å². The quantitative estimate of drug-likeness (QED) is 0.294. The zero-order valence-corrected chi connectivity index (χ0v) is 21.4. The van der Waals surface area contributed by atoms with Gasteiger partial charge in [0.05, 0.1) is 5.92 Å². The van der Waals surface area contributed by atoms with E-state index in [0.29, 0.717) is 10.8 Å². The Balaban J connectivity index is 2.69. The number of carbonyl (C=O) groups is 2. The molecule has 0 bridgehead atoms. The van der Waals surface area contributed by atoms with Crippen LogP contribution in [0.5, 0.6) is 0 Å². The number of nitrogens with one attached hydrogen (secondary N) is 1. The van der Waals surface area contributed by atoms with Gasteiger partial charge in [-0.2, -0.15) is 24.9 Å². The van der Waals surface area contributed by atoms with E-state index in [1.54, 1.807) is 41.5 Å². The van der Waals surface area contributed by atoms with Crippen molar-refractivity contribution in [3.05, 3.63) is 34.9 Å². The Hall–Kier alpha value is -1.61. The predicted molar refractivity (Wildman–Crippen MR) is 126 cm³/mol. The summed E-state index contributed by atoms with van der Waals surface area (Å²) in [5.74, 6) is -1.65. The zero-order chi connectivity index (χ0) is 25.4. The normalized spacial score (nSPS) is 14.4. The smallest absolute Gasteiger partial charge is 0.408 e. The van der Waals surface area contributed by atoms with Gasteiger partial charge < -0.3 is 14.8 Å². The molecule has 10 heteroatoms. The second kappa shape index (κ2) is 12.2. The van der Waals surface area contributed by atoms with Crippen LogP contribution in [0.2, 0.25) is 5.02 Å². The van der Waals surface area contributed by atoms with Crippen LogP contribution in [-0.4, -0.2) is 47.0 Å². The molecule has 5 nitrogen and oxygen atoms in total. The molecule has 1 N–H and O–H groups in total. The molecule has 0 aliphatic heterocycles. The molecular formula is C23H33ClF3NO4S. The van der Waals surface area contributed by atoms with Crippen LogP contribution >= 0.6 is 23.4 Å². The molecule has 1 aromatic rings. The summed E-state index contributed by atoms with van der Waals surface area (Å²) < 4.78 is 51.1. The number of thioether (sulfide) groups is 1. The van der Waals surface area contributed by atoms with Crippen molar-refractivity contribution in [3.8, 4) is 0 Å². The van der Waals surface area contributed by atoms with Crippen LogP contribution in [0.4, 0.5) is 18.0 Å². The molecule has 0 fully saturated rings. The van der Waals surface area contributed by atoms with E-state index < -0.39 is 41.4 Å². The van der Waals surface area contributed by atoms with Gasteiger partial charge in [0.25, 0.3) is 0 Å². The number of esters is 1. The van der Waals surface area contributed by atoms with E-state index in [-0.39, 0.29) is 24.2 Å². The van der Waals surface area contributed by atoms with Crippen LogP contribution in [0.15, 0.2) is 24.3 Å². The van der Waals surface area contributed by atoms with Crippen LogP contribution < -0.4 is 5.32 Å². The highest BCUT2D eigenvalue weighted by Gasteiger charge is 2.40. The van der Waals surface area contributed by atoms with Gasteiger partial charge in [-0.3, -0.25) is 0 Å². The van der Waals surface area contributed by atoms with Gasteiger partial charge in [0, 0.05) is 5.02 Å². The number of alkyl carbamates (subject to hydrolysis) is 1. The summed E-state index contributed by atoms with van der Waals surface area (Å²) >= 11 is 7.05. The molecule has 2 atom stereocenters. The molecule has 0 radical (unpaired) electrons. The maximum Gasteiger partial charge on any atom is 0.408 e. The van der Waals surface area contributed by atoms with Gasteiger partial charge in [0.1, 0.15) is 17.2 Å². The highest BCUT2D eigenvalue weighted by atomic mass is 35.5. The van der Waals surface area contributed by atoms with Crippen LogP contribution in [0, 0.1) is 0 Å². The van der Waals surface area contributed by atoms with Gasteiger partial charge in [-0.15, -0.1) is 0 Å². The minimum absolute atomic E-state index is 0.119. The number of hydrogen-bond donors (Lipinski definition) is 1. The molecule has 0 heterocycles. The zero-order valence-electron chi connectivity index (χ0n) is 19.8. The molecule has 1 aromatic carbocycles. The van der Waals surface area contributed by atoms with Gasteiger partial charge in [-0.25, -0.2) is 9.59 Å². The van der Waals surface area contributed by atoms with Gasteiger partial charge in [-0.1, -0.05) is 23.7 Å². The Labute approximate surface area is 203 Å². The predicted octanol–water partition coefficient (Wildman–Crippen LogP) is 6.73. The molecule has 188 valence electrons. The molecule has 0 aromatic heterocycles. The second-order valence-corrected chi connectivity index (χ2v) is 11.2. The third kappa shape index (κ3) is 12.4. The van der Waals surface area contributed by atoms with Gasteiger partial charge in [0.15, 0.2) is 0 Å². The number of halogens is 4. The summed E-state index contributed by atoms with van der Waals surface area (Å²) in [4.78, 5) is 24.6. The summed E-state index contributed by atoms with van der Waals surface area (Å²) in [6.45, 7) is 10.2. The van der Waals surface area contributed by atoms with Crippen molar-refractivity contribution in [1.82, 2.24) is 5.32 Å². The molecule has 0 saturated heterocycles. The number of alkyl halides is 3. The van der Waals surface area contributed by atoms with Crippen LogP contribution in [0.3, 0.4) is 0 Å². The first-order valence-corrected chi connectivity index (χ1v) is 12.1. The van der Waals surface area contributed by atoms with Crippen molar-refractivity contribution in [2.45, 2.75) is 83.7 Å². The van der Waals surface area contributed by atoms with Crippen LogP contribution in [-0.2, 0) is 14.3 Å². The average molecular weight is 512 g/mol. The number of benzene rings is 1. The van der Waals surface area contributed by atoms with E-state index in [9.17, 15) is 22.8 Å². The molecule has 0 aliphatic carbocycles. The van der Waals surface area contributed by atoms with E-state index in [1.165, 1.54) is 36.0 Å². The van der Waals surface area contributed by atoms with Crippen molar-refractivity contribution in [1.29, 1.82) is 0 Å². The van der Waals surface area contributed by atoms with Crippen molar-refractivity contribution >= 4 is 35.4 Å². The maximum absolute atomic E-state index is 13.5. The Morgan fingerprint density at radius 3 is 1.94 bits per heavy atom. The fourth-order valence-corrected chi connectivity index (χ4v) is 3.93. The maximum atomic E-state index is 13.5. The number of rotatable bonds is 9. The largest absolute Gasteiger partial charge is 0.458 e. The summed E-state index contributed by atoms with van der Waals surface area (Å²) in [7, 11) is 0. The number of carbonyl (C=O) groups excluding carboxylic acids is 2. The molecule has 1 unspecified atom stereocenters. The van der Waals surface area contributed by atoms with E-state index >= 15 is 0 Å². The topological polar surface area (TPSA) is 64.6 Å².